The lowest BCUT2D eigenvalue weighted by molar-refractivity contribution is -0.0441. The van der Waals surface area contributed by atoms with Gasteiger partial charge in [-0.2, -0.15) is 0 Å². The molecule has 3 aromatic heterocycles. The predicted octanol–water partition coefficient (Wildman–Crippen LogP) is 4.97. The zero-order chi connectivity index (χ0) is 20.8. The molecule has 2 aromatic carbocycles. The number of hydrogen-bond donors (Lipinski definition) is 0. The van der Waals surface area contributed by atoms with Crippen LogP contribution in [0.3, 0.4) is 0 Å². The summed E-state index contributed by atoms with van der Waals surface area (Å²) in [5.74, 6) is 0.856. The van der Waals surface area contributed by atoms with Crippen molar-refractivity contribution in [1.82, 2.24) is 19.6 Å². The van der Waals surface area contributed by atoms with Crippen LogP contribution in [0.4, 0.5) is 0 Å². The molecule has 0 N–H and O–H groups in total. The third-order valence-electron chi connectivity index (χ3n) is 5.70. The van der Waals surface area contributed by atoms with Gasteiger partial charge in [-0.15, -0.1) is 10.2 Å². The maximum atomic E-state index is 5.63. The van der Waals surface area contributed by atoms with Gasteiger partial charge in [-0.25, -0.2) is 4.98 Å². The van der Waals surface area contributed by atoms with Crippen LogP contribution in [0.5, 0.6) is 0 Å². The van der Waals surface area contributed by atoms with Crippen molar-refractivity contribution in [2.75, 3.05) is 13.2 Å². The maximum Gasteiger partial charge on any atom is 0.184 e. The topological polar surface area (TPSA) is 61.5 Å². The van der Waals surface area contributed by atoms with E-state index in [0.717, 1.165) is 50.3 Å². The minimum absolute atomic E-state index is 0.281. The normalized spacial score (nSPS) is 14.6. The van der Waals surface area contributed by atoms with E-state index in [2.05, 4.69) is 52.7 Å². The van der Waals surface area contributed by atoms with Gasteiger partial charge in [0.05, 0.1) is 24.4 Å². The number of rotatable bonds is 3. The van der Waals surface area contributed by atoms with Gasteiger partial charge in [0.1, 0.15) is 5.82 Å². The van der Waals surface area contributed by atoms with Crippen molar-refractivity contribution in [2.24, 2.45) is 0 Å². The Balaban J connectivity index is 1.56. The van der Waals surface area contributed by atoms with Crippen LogP contribution in [-0.4, -0.2) is 32.8 Å². The van der Waals surface area contributed by atoms with E-state index in [1.807, 2.05) is 41.8 Å². The predicted molar refractivity (Wildman–Crippen MR) is 119 cm³/mol. The molecule has 0 radical (unpaired) electrons. The van der Waals surface area contributed by atoms with Gasteiger partial charge in [0.25, 0.3) is 0 Å². The van der Waals surface area contributed by atoms with Gasteiger partial charge in [-0.3, -0.25) is 4.40 Å². The molecule has 1 fully saturated rings. The third kappa shape index (κ3) is 3.08. The molecule has 152 valence electrons. The van der Waals surface area contributed by atoms with Crippen LogP contribution >= 0.6 is 0 Å². The van der Waals surface area contributed by atoms with Crippen LogP contribution in [0.15, 0.2) is 72.9 Å². The lowest BCUT2D eigenvalue weighted by atomic mass is 9.97. The Morgan fingerprint density at radius 1 is 0.871 bits per heavy atom. The van der Waals surface area contributed by atoms with Gasteiger partial charge < -0.3 is 9.47 Å². The molecule has 5 aromatic rings. The van der Waals surface area contributed by atoms with Crippen LogP contribution in [0.25, 0.3) is 38.9 Å². The Labute approximate surface area is 179 Å². The highest BCUT2D eigenvalue weighted by molar-refractivity contribution is 5.98. The zero-order valence-electron chi connectivity index (χ0n) is 17.0. The first-order chi connectivity index (χ1) is 15.3. The monoisotopic (exact) mass is 408 g/mol. The molecule has 1 aliphatic rings. The highest BCUT2D eigenvalue weighted by atomic mass is 16.7. The van der Waals surface area contributed by atoms with E-state index in [0.29, 0.717) is 13.2 Å². The van der Waals surface area contributed by atoms with E-state index in [-0.39, 0.29) is 6.29 Å². The number of pyridine rings is 2. The summed E-state index contributed by atoms with van der Waals surface area (Å²) in [5.41, 5.74) is 6.86. The van der Waals surface area contributed by atoms with E-state index in [1.165, 1.54) is 0 Å². The summed E-state index contributed by atoms with van der Waals surface area (Å²) in [7, 11) is 0. The first kappa shape index (κ1) is 18.2. The van der Waals surface area contributed by atoms with Crippen LogP contribution in [0.1, 0.15) is 17.7 Å². The van der Waals surface area contributed by atoms with Crippen molar-refractivity contribution in [3.05, 3.63) is 84.3 Å². The van der Waals surface area contributed by atoms with Crippen molar-refractivity contribution in [1.29, 1.82) is 0 Å². The van der Waals surface area contributed by atoms with Crippen molar-refractivity contribution in [2.45, 2.75) is 13.2 Å². The average molecular weight is 408 g/mol. The fourth-order valence-corrected chi connectivity index (χ4v) is 4.12. The van der Waals surface area contributed by atoms with Crippen LogP contribution in [0.2, 0.25) is 0 Å². The minimum atomic E-state index is -0.281. The fraction of sp³-hybridized carbons (Fsp3) is 0.160. The van der Waals surface area contributed by atoms with Crippen molar-refractivity contribution < 1.29 is 9.47 Å². The molecule has 6 rings (SSSR count). The van der Waals surface area contributed by atoms with Crippen LogP contribution in [0, 0.1) is 6.92 Å². The molecule has 1 saturated heterocycles. The SMILES string of the molecule is Cc1nnc2c3cc(-c4ccccc4)c(-c4ccc(C5OCCO5)cc4)nc3ccn12. The number of aromatic nitrogens is 4. The Hall–Kier alpha value is -3.61. The fourth-order valence-electron chi connectivity index (χ4n) is 4.12. The summed E-state index contributed by atoms with van der Waals surface area (Å²) in [6.07, 6.45) is 1.70. The average Bonchev–Trinajstić information content (AvgIpc) is 3.49. The number of ether oxygens (including phenoxy) is 2. The number of fused-ring (bicyclic) bond motifs is 3. The van der Waals surface area contributed by atoms with Gasteiger partial charge in [0.2, 0.25) is 0 Å². The summed E-state index contributed by atoms with van der Waals surface area (Å²) in [6, 6.07) is 22.8. The molecular weight excluding hydrogens is 388 g/mol. The van der Waals surface area contributed by atoms with Gasteiger partial charge >= 0.3 is 0 Å². The standard InChI is InChI=1S/C25H20N4O2/c1-16-27-28-24-21-15-20(17-5-3-2-4-6-17)23(26-22(21)11-12-29(16)24)18-7-9-19(10-8-18)25-30-13-14-31-25/h2-12,15,25H,13-14H2,1H3. The Morgan fingerprint density at radius 2 is 1.65 bits per heavy atom. The lowest BCUT2D eigenvalue weighted by Crippen LogP contribution is -1.98. The number of hydrogen-bond acceptors (Lipinski definition) is 5. The second-order valence-electron chi connectivity index (χ2n) is 7.64. The van der Waals surface area contributed by atoms with Crippen molar-refractivity contribution in [3.8, 4) is 22.4 Å². The highest BCUT2D eigenvalue weighted by Crippen LogP contribution is 2.35. The molecule has 0 aliphatic carbocycles. The maximum absolute atomic E-state index is 5.63. The summed E-state index contributed by atoms with van der Waals surface area (Å²) in [4.78, 5) is 5.06. The van der Waals surface area contributed by atoms with Gasteiger partial charge in [0, 0.05) is 28.3 Å². The molecule has 31 heavy (non-hydrogen) atoms. The molecule has 0 spiro atoms. The molecule has 0 amide bonds. The van der Waals surface area contributed by atoms with E-state index < -0.39 is 0 Å². The first-order valence-electron chi connectivity index (χ1n) is 10.3. The molecule has 6 nitrogen and oxygen atoms in total. The zero-order valence-corrected chi connectivity index (χ0v) is 17.0. The van der Waals surface area contributed by atoms with Gasteiger partial charge in [0.15, 0.2) is 11.9 Å². The largest absolute Gasteiger partial charge is 0.346 e. The molecule has 6 heteroatoms. The van der Waals surface area contributed by atoms with Crippen molar-refractivity contribution >= 4 is 16.6 Å². The van der Waals surface area contributed by atoms with Gasteiger partial charge in [-0.1, -0.05) is 54.6 Å². The van der Waals surface area contributed by atoms with Crippen LogP contribution in [-0.2, 0) is 9.47 Å². The first-order valence-corrected chi connectivity index (χ1v) is 10.3. The number of benzene rings is 2. The smallest absolute Gasteiger partial charge is 0.184 e. The molecule has 0 saturated carbocycles. The van der Waals surface area contributed by atoms with E-state index in [9.17, 15) is 0 Å². The van der Waals surface area contributed by atoms with E-state index >= 15 is 0 Å². The molecule has 0 atom stereocenters. The summed E-state index contributed by atoms with van der Waals surface area (Å²) in [5, 5.41) is 9.60. The summed E-state index contributed by atoms with van der Waals surface area (Å²) < 4.78 is 13.2. The molecule has 4 heterocycles. The van der Waals surface area contributed by atoms with E-state index in [1.54, 1.807) is 0 Å². The Kier molecular flexibility index (Phi) is 4.26. The summed E-state index contributed by atoms with van der Waals surface area (Å²) >= 11 is 0. The van der Waals surface area contributed by atoms with E-state index in [4.69, 9.17) is 14.5 Å². The molecule has 0 bridgehead atoms. The lowest BCUT2D eigenvalue weighted by Gasteiger charge is -2.14. The number of nitrogens with zero attached hydrogens (tertiary/aromatic N) is 4. The van der Waals surface area contributed by atoms with Gasteiger partial charge in [-0.05, 0) is 24.6 Å². The Bertz CT molecular complexity index is 1390. The minimum Gasteiger partial charge on any atom is -0.346 e. The molecular formula is C25H20N4O2. The summed E-state index contributed by atoms with van der Waals surface area (Å²) in [6.45, 7) is 3.21. The molecule has 1 aliphatic heterocycles. The van der Waals surface area contributed by atoms with Crippen molar-refractivity contribution in [3.63, 3.8) is 0 Å². The second kappa shape index (κ2) is 7.27. The molecule has 0 unspecified atom stereocenters. The highest BCUT2D eigenvalue weighted by Gasteiger charge is 2.19. The number of aryl methyl sites for hydroxylation is 1. The Morgan fingerprint density at radius 3 is 2.42 bits per heavy atom. The third-order valence-corrected chi connectivity index (χ3v) is 5.70. The second-order valence-corrected chi connectivity index (χ2v) is 7.64. The quantitative estimate of drug-likeness (QED) is 0.422. The van der Waals surface area contributed by atoms with Crippen LogP contribution < -0.4 is 0 Å².